The summed E-state index contributed by atoms with van der Waals surface area (Å²) in [6.45, 7) is 0.647. The molecule has 0 atom stereocenters. The van der Waals surface area contributed by atoms with Crippen LogP contribution in [0.15, 0.2) is 48.7 Å². The van der Waals surface area contributed by atoms with Crippen molar-refractivity contribution < 1.29 is 19.4 Å². The molecule has 0 aliphatic carbocycles. The number of H-pyrrole nitrogens is 1. The van der Waals surface area contributed by atoms with Crippen LogP contribution in [0, 0.1) is 12.3 Å². The monoisotopic (exact) mass is 404 g/mol. The maximum absolute atomic E-state index is 12.1. The van der Waals surface area contributed by atoms with Crippen molar-refractivity contribution in [1.29, 1.82) is 0 Å². The minimum atomic E-state index is -0.274. The highest BCUT2D eigenvalue weighted by molar-refractivity contribution is 5.98. The predicted octanol–water partition coefficient (Wildman–Crippen LogP) is 3.14. The number of hydrogen-bond donors (Lipinski definition) is 3. The number of fused-ring (bicyclic) bond motifs is 1. The molecular formula is C24H24N2O4. The lowest BCUT2D eigenvalue weighted by atomic mass is 10.1. The fourth-order valence-electron chi connectivity index (χ4n) is 3.19. The molecule has 0 radical (unpaired) electrons. The number of hydrogen-bond acceptors (Lipinski definition) is 4. The van der Waals surface area contributed by atoms with E-state index in [4.69, 9.17) is 11.2 Å². The van der Waals surface area contributed by atoms with Crippen LogP contribution >= 0.6 is 0 Å². The SMILES string of the molecule is C#CCOc1ccc2[nH]cc(CCNC(=O)CC(=O)CCc3ccc(O)cc3)c2c1. The van der Waals surface area contributed by atoms with E-state index in [1.165, 1.54) is 0 Å². The summed E-state index contributed by atoms with van der Waals surface area (Å²) < 4.78 is 5.47. The number of phenolic OH excluding ortho intramolecular Hbond substituents is 1. The second-order valence-electron chi connectivity index (χ2n) is 7.00. The average Bonchev–Trinajstić information content (AvgIpc) is 3.14. The van der Waals surface area contributed by atoms with Gasteiger partial charge in [0.15, 0.2) is 0 Å². The largest absolute Gasteiger partial charge is 0.508 e. The van der Waals surface area contributed by atoms with Crippen LogP contribution < -0.4 is 10.1 Å². The summed E-state index contributed by atoms with van der Waals surface area (Å²) in [4.78, 5) is 27.3. The molecule has 3 rings (SSSR count). The van der Waals surface area contributed by atoms with E-state index in [0.29, 0.717) is 31.6 Å². The Bertz CT molecular complexity index is 1060. The van der Waals surface area contributed by atoms with Crippen LogP contribution in [0.4, 0.5) is 0 Å². The number of aromatic nitrogens is 1. The second kappa shape index (κ2) is 10.2. The molecule has 6 nitrogen and oxygen atoms in total. The zero-order valence-electron chi connectivity index (χ0n) is 16.6. The van der Waals surface area contributed by atoms with Gasteiger partial charge in [0.25, 0.3) is 0 Å². The van der Waals surface area contributed by atoms with Crippen LogP contribution in [0.1, 0.15) is 24.0 Å². The lowest BCUT2D eigenvalue weighted by Crippen LogP contribution is -2.27. The highest BCUT2D eigenvalue weighted by atomic mass is 16.5. The summed E-state index contributed by atoms with van der Waals surface area (Å²) in [7, 11) is 0. The summed E-state index contributed by atoms with van der Waals surface area (Å²) in [6.07, 6.45) is 8.48. The van der Waals surface area contributed by atoms with Gasteiger partial charge >= 0.3 is 0 Å². The van der Waals surface area contributed by atoms with Crippen LogP contribution in [0.25, 0.3) is 10.9 Å². The molecule has 0 aliphatic rings. The van der Waals surface area contributed by atoms with E-state index in [9.17, 15) is 14.7 Å². The molecule has 3 N–H and O–H groups in total. The van der Waals surface area contributed by atoms with Crippen LogP contribution in [-0.4, -0.2) is 34.9 Å². The van der Waals surface area contributed by atoms with Gasteiger partial charge in [-0.05, 0) is 54.3 Å². The van der Waals surface area contributed by atoms with E-state index >= 15 is 0 Å². The first-order valence-corrected chi connectivity index (χ1v) is 9.77. The number of nitrogens with one attached hydrogen (secondary N) is 2. The molecule has 0 saturated heterocycles. The van der Waals surface area contributed by atoms with E-state index in [1.54, 1.807) is 24.3 Å². The fourth-order valence-corrected chi connectivity index (χ4v) is 3.19. The topological polar surface area (TPSA) is 91.4 Å². The molecule has 0 fully saturated rings. The van der Waals surface area contributed by atoms with Crippen LogP contribution in [-0.2, 0) is 22.4 Å². The maximum Gasteiger partial charge on any atom is 0.227 e. The first-order chi connectivity index (χ1) is 14.5. The third kappa shape index (κ3) is 5.89. The molecule has 1 heterocycles. The highest BCUT2D eigenvalue weighted by Crippen LogP contribution is 2.24. The minimum absolute atomic E-state index is 0.108. The Labute approximate surface area is 175 Å². The standard InChI is InChI=1S/C24H24N2O4/c1-2-13-30-21-9-10-23-22(15-21)18(16-26-23)11-12-25-24(29)14-20(28)8-5-17-3-6-19(27)7-4-17/h1,3-4,6-7,9-10,15-16,26-27H,5,8,11-14H2,(H,25,29). The quantitative estimate of drug-likeness (QED) is 0.358. The van der Waals surface area contributed by atoms with E-state index < -0.39 is 0 Å². The number of carbonyl (C=O) groups excluding carboxylic acids is 2. The number of aromatic amines is 1. The number of Topliss-reactive ketones (excluding diaryl/α,β-unsaturated/α-hetero) is 1. The lowest BCUT2D eigenvalue weighted by Gasteiger charge is -2.06. The number of phenols is 1. The van der Waals surface area contributed by atoms with Crippen molar-refractivity contribution in [3.63, 3.8) is 0 Å². The van der Waals surface area contributed by atoms with Crippen molar-refractivity contribution in [2.75, 3.05) is 13.2 Å². The van der Waals surface area contributed by atoms with Crippen LogP contribution in [0.3, 0.4) is 0 Å². The molecule has 3 aromatic rings. The second-order valence-corrected chi connectivity index (χ2v) is 7.00. The smallest absolute Gasteiger partial charge is 0.227 e. The molecule has 0 unspecified atom stereocenters. The van der Waals surface area contributed by atoms with E-state index in [2.05, 4.69) is 16.2 Å². The minimum Gasteiger partial charge on any atom is -0.508 e. The number of rotatable bonds is 10. The lowest BCUT2D eigenvalue weighted by molar-refractivity contribution is -0.128. The molecular weight excluding hydrogens is 380 g/mol. The molecule has 30 heavy (non-hydrogen) atoms. The third-order valence-electron chi connectivity index (χ3n) is 4.76. The zero-order chi connectivity index (χ0) is 21.3. The van der Waals surface area contributed by atoms with Crippen molar-refractivity contribution in [2.45, 2.75) is 25.7 Å². The Hall–Kier alpha value is -3.72. The summed E-state index contributed by atoms with van der Waals surface area (Å²) >= 11 is 0. The van der Waals surface area contributed by atoms with Gasteiger partial charge in [-0.2, -0.15) is 0 Å². The maximum atomic E-state index is 12.1. The molecule has 154 valence electrons. The van der Waals surface area contributed by atoms with Crippen molar-refractivity contribution in [2.24, 2.45) is 0 Å². The molecule has 6 heteroatoms. The average molecular weight is 404 g/mol. The Balaban J connectivity index is 1.44. The molecule has 0 aliphatic heterocycles. The van der Waals surface area contributed by atoms with Crippen molar-refractivity contribution in [3.8, 4) is 23.8 Å². The van der Waals surface area contributed by atoms with E-state index in [0.717, 1.165) is 22.0 Å². The number of carbonyl (C=O) groups is 2. The summed E-state index contributed by atoms with van der Waals surface area (Å²) in [6, 6.07) is 12.4. The summed E-state index contributed by atoms with van der Waals surface area (Å²) in [5, 5.41) is 13.1. The van der Waals surface area contributed by atoms with Crippen LogP contribution in [0.2, 0.25) is 0 Å². The van der Waals surface area contributed by atoms with Gasteiger partial charge in [-0.3, -0.25) is 9.59 Å². The van der Waals surface area contributed by atoms with Gasteiger partial charge in [0.05, 0.1) is 6.42 Å². The molecule has 0 bridgehead atoms. The molecule has 0 saturated carbocycles. The summed E-state index contributed by atoms with van der Waals surface area (Å²) in [5.74, 6) is 2.95. The summed E-state index contributed by atoms with van der Waals surface area (Å²) in [5.41, 5.74) is 2.98. The van der Waals surface area contributed by atoms with Gasteiger partial charge in [-0.25, -0.2) is 0 Å². The van der Waals surface area contributed by atoms with Gasteiger partial charge in [0.1, 0.15) is 23.9 Å². The van der Waals surface area contributed by atoms with Gasteiger partial charge in [-0.15, -0.1) is 6.42 Å². The molecule has 0 spiro atoms. The number of benzene rings is 2. The number of terminal acetylenes is 1. The van der Waals surface area contributed by atoms with Crippen molar-refractivity contribution in [3.05, 3.63) is 59.8 Å². The van der Waals surface area contributed by atoms with Gasteiger partial charge in [-0.1, -0.05) is 18.1 Å². The normalized spacial score (nSPS) is 10.5. The number of ketones is 1. The molecule has 1 amide bonds. The highest BCUT2D eigenvalue weighted by Gasteiger charge is 2.11. The first-order valence-electron chi connectivity index (χ1n) is 9.77. The number of aromatic hydroxyl groups is 1. The van der Waals surface area contributed by atoms with Gasteiger partial charge in [0, 0.05) is 30.1 Å². The van der Waals surface area contributed by atoms with Gasteiger partial charge in [0.2, 0.25) is 5.91 Å². The molecule has 2 aromatic carbocycles. The van der Waals surface area contributed by atoms with E-state index in [1.807, 2.05) is 24.4 Å². The molecule has 1 aromatic heterocycles. The number of amides is 1. The van der Waals surface area contributed by atoms with Crippen LogP contribution in [0.5, 0.6) is 11.5 Å². The predicted molar refractivity (Wildman–Crippen MR) is 115 cm³/mol. The Morgan fingerprint density at radius 3 is 2.70 bits per heavy atom. The Morgan fingerprint density at radius 2 is 1.93 bits per heavy atom. The number of ether oxygens (including phenoxy) is 1. The van der Waals surface area contributed by atoms with Gasteiger partial charge < -0.3 is 20.1 Å². The fraction of sp³-hybridized carbons (Fsp3) is 0.250. The van der Waals surface area contributed by atoms with Crippen molar-refractivity contribution in [1.82, 2.24) is 10.3 Å². The zero-order valence-corrected chi connectivity index (χ0v) is 16.6. The van der Waals surface area contributed by atoms with Crippen molar-refractivity contribution >= 4 is 22.6 Å². The third-order valence-corrected chi connectivity index (χ3v) is 4.76. The van der Waals surface area contributed by atoms with E-state index in [-0.39, 0.29) is 30.5 Å². The number of aryl methyl sites for hydroxylation is 1. The first kappa shape index (κ1) is 21.0. The Morgan fingerprint density at radius 1 is 1.13 bits per heavy atom. The Kier molecular flexibility index (Phi) is 7.12.